The first-order valence-corrected chi connectivity index (χ1v) is 9.62. The van der Waals surface area contributed by atoms with Crippen molar-refractivity contribution in [2.75, 3.05) is 5.32 Å². The molecule has 0 saturated heterocycles. The topological polar surface area (TPSA) is 72.7 Å². The van der Waals surface area contributed by atoms with Crippen LogP contribution >= 0.6 is 22.9 Å². The van der Waals surface area contributed by atoms with Gasteiger partial charge >= 0.3 is 0 Å². The number of rotatable bonds is 3. The van der Waals surface area contributed by atoms with Crippen molar-refractivity contribution in [3.63, 3.8) is 0 Å². The van der Waals surface area contributed by atoms with Crippen LogP contribution < -0.4 is 5.32 Å². The minimum Gasteiger partial charge on any atom is -0.298 e. The maximum atomic E-state index is 13.4. The van der Waals surface area contributed by atoms with Crippen LogP contribution in [0.15, 0.2) is 29.6 Å². The zero-order chi connectivity index (χ0) is 20.0. The van der Waals surface area contributed by atoms with E-state index in [-0.39, 0.29) is 10.9 Å². The molecule has 0 bridgehead atoms. The molecule has 4 rings (SSSR count). The molecular weight excluding hydrogens is 401 g/mol. The molecule has 0 aliphatic carbocycles. The Morgan fingerprint density at radius 2 is 2.04 bits per heavy atom. The average molecular weight is 416 g/mol. The average Bonchev–Trinajstić information content (AvgIpc) is 3.21. The highest BCUT2D eigenvalue weighted by Gasteiger charge is 2.19. The fraction of sp³-hybridized carbons (Fsp3) is 0.158. The van der Waals surface area contributed by atoms with E-state index < -0.39 is 5.82 Å². The van der Waals surface area contributed by atoms with E-state index in [1.165, 1.54) is 23.5 Å². The van der Waals surface area contributed by atoms with Crippen molar-refractivity contribution >= 4 is 45.0 Å². The largest absolute Gasteiger partial charge is 0.298 e. The molecule has 0 spiro atoms. The van der Waals surface area contributed by atoms with E-state index in [4.69, 9.17) is 11.6 Å². The SMILES string of the molecule is Cc1cc(C(=O)Nc2nc(-c3ccc(F)c(Cl)c3)cs2)c2c(C)nn(C)c2n1. The summed E-state index contributed by atoms with van der Waals surface area (Å²) in [5, 5.41) is 10.1. The molecular formula is C19H15ClFN5OS. The molecule has 28 heavy (non-hydrogen) atoms. The van der Waals surface area contributed by atoms with E-state index in [1.807, 2.05) is 13.8 Å². The minimum atomic E-state index is -0.488. The number of nitrogens with zero attached hydrogens (tertiary/aromatic N) is 4. The second-order valence-electron chi connectivity index (χ2n) is 6.34. The first-order valence-electron chi connectivity index (χ1n) is 8.36. The van der Waals surface area contributed by atoms with E-state index >= 15 is 0 Å². The highest BCUT2D eigenvalue weighted by molar-refractivity contribution is 7.14. The lowest BCUT2D eigenvalue weighted by atomic mass is 10.1. The van der Waals surface area contributed by atoms with Crippen molar-refractivity contribution in [1.29, 1.82) is 0 Å². The summed E-state index contributed by atoms with van der Waals surface area (Å²) in [6, 6.07) is 6.13. The molecule has 0 unspecified atom stereocenters. The van der Waals surface area contributed by atoms with Crippen molar-refractivity contribution in [3.8, 4) is 11.3 Å². The Hall–Kier alpha value is -2.84. The van der Waals surface area contributed by atoms with E-state index in [9.17, 15) is 9.18 Å². The van der Waals surface area contributed by atoms with Crippen molar-refractivity contribution in [2.45, 2.75) is 13.8 Å². The predicted molar refractivity (Wildman–Crippen MR) is 108 cm³/mol. The third-order valence-corrected chi connectivity index (χ3v) is 5.33. The molecule has 0 fully saturated rings. The van der Waals surface area contributed by atoms with Crippen LogP contribution in [0.25, 0.3) is 22.3 Å². The molecule has 9 heteroatoms. The van der Waals surface area contributed by atoms with Gasteiger partial charge < -0.3 is 0 Å². The normalized spacial score (nSPS) is 11.2. The highest BCUT2D eigenvalue weighted by atomic mass is 35.5. The Kier molecular flexibility index (Phi) is 4.60. The number of pyridine rings is 1. The fourth-order valence-corrected chi connectivity index (χ4v) is 3.93. The zero-order valence-electron chi connectivity index (χ0n) is 15.2. The maximum Gasteiger partial charge on any atom is 0.258 e. The van der Waals surface area contributed by atoms with E-state index in [0.717, 1.165) is 11.4 Å². The lowest BCUT2D eigenvalue weighted by Crippen LogP contribution is -2.13. The number of amides is 1. The van der Waals surface area contributed by atoms with Gasteiger partial charge in [0.15, 0.2) is 10.8 Å². The predicted octanol–water partition coefficient (Wildman–Crippen LogP) is 4.75. The van der Waals surface area contributed by atoms with E-state index in [1.54, 1.807) is 29.2 Å². The van der Waals surface area contributed by atoms with Crippen LogP contribution in [-0.2, 0) is 7.05 Å². The smallest absolute Gasteiger partial charge is 0.258 e. The number of aryl methyl sites for hydroxylation is 3. The Balaban J connectivity index is 1.66. The van der Waals surface area contributed by atoms with Gasteiger partial charge in [0.25, 0.3) is 5.91 Å². The Labute approximate surface area is 169 Å². The third-order valence-electron chi connectivity index (χ3n) is 4.28. The number of carbonyl (C=O) groups excluding carboxylic acids is 1. The number of nitrogens with one attached hydrogen (secondary N) is 1. The van der Waals surface area contributed by atoms with Gasteiger partial charge in [-0.2, -0.15) is 5.10 Å². The van der Waals surface area contributed by atoms with Gasteiger partial charge in [-0.1, -0.05) is 11.6 Å². The fourth-order valence-electron chi connectivity index (χ4n) is 3.03. The van der Waals surface area contributed by atoms with Crippen LogP contribution in [0.1, 0.15) is 21.7 Å². The van der Waals surface area contributed by atoms with Crippen LogP contribution in [0.4, 0.5) is 9.52 Å². The van der Waals surface area contributed by atoms with E-state index in [0.29, 0.717) is 33.0 Å². The first kappa shape index (κ1) is 18.5. The summed E-state index contributed by atoms with van der Waals surface area (Å²) in [5.41, 5.74) is 3.89. The number of benzene rings is 1. The summed E-state index contributed by atoms with van der Waals surface area (Å²) >= 11 is 7.12. The molecule has 3 aromatic heterocycles. The van der Waals surface area contributed by atoms with Gasteiger partial charge in [0.1, 0.15) is 5.82 Å². The van der Waals surface area contributed by atoms with Gasteiger partial charge in [-0.25, -0.2) is 14.4 Å². The molecule has 0 aliphatic rings. The lowest BCUT2D eigenvalue weighted by Gasteiger charge is -2.06. The molecule has 6 nitrogen and oxygen atoms in total. The highest BCUT2D eigenvalue weighted by Crippen LogP contribution is 2.29. The lowest BCUT2D eigenvalue weighted by molar-refractivity contribution is 0.102. The van der Waals surface area contributed by atoms with Crippen LogP contribution in [0.2, 0.25) is 5.02 Å². The number of anilines is 1. The van der Waals surface area contributed by atoms with Crippen LogP contribution in [0, 0.1) is 19.7 Å². The van der Waals surface area contributed by atoms with Gasteiger partial charge in [-0.3, -0.25) is 14.8 Å². The number of carbonyl (C=O) groups is 1. The molecule has 1 aromatic carbocycles. The molecule has 1 N–H and O–H groups in total. The molecule has 4 aromatic rings. The first-order chi connectivity index (χ1) is 13.3. The Morgan fingerprint density at radius 3 is 2.79 bits per heavy atom. The molecule has 0 saturated carbocycles. The van der Waals surface area contributed by atoms with Crippen molar-refractivity contribution in [1.82, 2.24) is 19.7 Å². The minimum absolute atomic E-state index is 0.0257. The Morgan fingerprint density at radius 1 is 1.25 bits per heavy atom. The van der Waals surface area contributed by atoms with Crippen LogP contribution in [0.5, 0.6) is 0 Å². The number of halogens is 2. The van der Waals surface area contributed by atoms with Crippen LogP contribution in [0.3, 0.4) is 0 Å². The number of aromatic nitrogens is 4. The van der Waals surface area contributed by atoms with Gasteiger partial charge in [-0.15, -0.1) is 11.3 Å². The number of thiazole rings is 1. The number of fused-ring (bicyclic) bond motifs is 1. The molecule has 0 atom stereocenters. The van der Waals surface area contributed by atoms with Crippen molar-refractivity contribution in [3.05, 3.63) is 57.4 Å². The van der Waals surface area contributed by atoms with Crippen molar-refractivity contribution in [2.24, 2.45) is 7.05 Å². The maximum absolute atomic E-state index is 13.4. The van der Waals surface area contributed by atoms with Gasteiger partial charge in [0.05, 0.1) is 27.4 Å². The van der Waals surface area contributed by atoms with E-state index in [2.05, 4.69) is 20.4 Å². The molecule has 3 heterocycles. The van der Waals surface area contributed by atoms with Gasteiger partial charge in [0, 0.05) is 23.7 Å². The van der Waals surface area contributed by atoms with Crippen molar-refractivity contribution < 1.29 is 9.18 Å². The summed E-state index contributed by atoms with van der Waals surface area (Å²) in [5.74, 6) is -0.775. The second kappa shape index (κ2) is 6.96. The zero-order valence-corrected chi connectivity index (χ0v) is 16.8. The third kappa shape index (κ3) is 3.25. The monoisotopic (exact) mass is 415 g/mol. The molecule has 0 radical (unpaired) electrons. The summed E-state index contributed by atoms with van der Waals surface area (Å²) in [7, 11) is 1.80. The van der Waals surface area contributed by atoms with Crippen LogP contribution in [-0.4, -0.2) is 25.7 Å². The number of hydrogen-bond donors (Lipinski definition) is 1. The molecule has 1 amide bonds. The number of hydrogen-bond acceptors (Lipinski definition) is 5. The van der Waals surface area contributed by atoms with Gasteiger partial charge in [-0.05, 0) is 38.1 Å². The van der Waals surface area contributed by atoms with Gasteiger partial charge in [0.2, 0.25) is 0 Å². The molecule has 142 valence electrons. The summed E-state index contributed by atoms with van der Waals surface area (Å²) < 4.78 is 15.0. The Bertz CT molecular complexity index is 1230. The summed E-state index contributed by atoms with van der Waals surface area (Å²) in [4.78, 5) is 21.8. The standard InChI is InChI=1S/C19H15ClFN5OS/c1-9-6-12(16-10(2)25-26(3)17(16)22-9)18(27)24-19-23-15(8-28-19)11-4-5-14(21)13(20)7-11/h4-8H,1-3H3,(H,23,24,27). The second-order valence-corrected chi connectivity index (χ2v) is 7.61. The summed E-state index contributed by atoms with van der Waals surface area (Å²) in [6.07, 6.45) is 0. The molecule has 0 aliphatic heterocycles. The summed E-state index contributed by atoms with van der Waals surface area (Å²) in [6.45, 7) is 3.67. The quantitative estimate of drug-likeness (QED) is 0.524.